The minimum absolute atomic E-state index is 0.0683. The highest BCUT2D eigenvalue weighted by molar-refractivity contribution is 9.10. The molecule has 0 aliphatic heterocycles. The average Bonchev–Trinajstić information content (AvgIpc) is 2.46. The SMILES string of the molecule is CC(C)Oc1c(C(=O)CF)cc2c(c1Br)C(C)(C)CC=C2C(C)(C)C. The molecule has 0 saturated carbocycles. The number of rotatable bonds is 4. The third kappa shape index (κ3) is 3.84. The molecule has 0 spiro atoms. The number of ether oxygens (including phenoxy) is 1. The highest BCUT2D eigenvalue weighted by Crippen LogP contribution is 2.51. The van der Waals surface area contributed by atoms with E-state index >= 15 is 0 Å². The van der Waals surface area contributed by atoms with Crippen LogP contribution in [-0.2, 0) is 5.41 Å². The van der Waals surface area contributed by atoms with E-state index in [-0.39, 0.29) is 16.9 Å². The minimum Gasteiger partial charge on any atom is -0.489 e. The number of ketones is 1. The molecule has 1 aromatic rings. The van der Waals surface area contributed by atoms with Crippen molar-refractivity contribution in [3.63, 3.8) is 0 Å². The van der Waals surface area contributed by atoms with Crippen molar-refractivity contribution in [2.75, 3.05) is 6.67 Å². The van der Waals surface area contributed by atoms with Crippen molar-refractivity contribution in [2.45, 2.75) is 66.4 Å². The molecule has 0 saturated heterocycles. The van der Waals surface area contributed by atoms with Crippen molar-refractivity contribution < 1.29 is 13.9 Å². The summed E-state index contributed by atoms with van der Waals surface area (Å²) in [5.74, 6) is -0.0876. The molecule has 2 nitrogen and oxygen atoms in total. The Kier molecular flexibility index (Phi) is 5.53. The lowest BCUT2D eigenvalue weighted by molar-refractivity contribution is 0.0952. The van der Waals surface area contributed by atoms with Crippen LogP contribution in [0.1, 0.15) is 76.4 Å². The summed E-state index contributed by atoms with van der Waals surface area (Å²) in [6.45, 7) is 13.6. The number of hydrogen-bond donors (Lipinski definition) is 0. The van der Waals surface area contributed by atoms with Gasteiger partial charge in [-0.3, -0.25) is 4.79 Å². The van der Waals surface area contributed by atoms with Crippen LogP contribution in [0.5, 0.6) is 5.75 Å². The van der Waals surface area contributed by atoms with Crippen molar-refractivity contribution >= 4 is 27.3 Å². The molecule has 0 amide bonds. The molecule has 1 aliphatic carbocycles. The van der Waals surface area contributed by atoms with Gasteiger partial charge in [0, 0.05) is 0 Å². The Balaban J connectivity index is 2.86. The standard InChI is InChI=1S/C21H28BrFO2/c1-12(2)25-19-14(16(24)11-23)10-13-15(20(3,4)5)8-9-21(6,7)17(13)18(19)22/h8,10,12H,9,11H2,1-7H3. The van der Waals surface area contributed by atoms with Gasteiger partial charge in [-0.05, 0) is 69.8 Å². The zero-order valence-corrected chi connectivity index (χ0v) is 17.8. The van der Waals surface area contributed by atoms with E-state index in [0.717, 1.165) is 22.0 Å². The van der Waals surface area contributed by atoms with Crippen molar-refractivity contribution in [3.8, 4) is 5.75 Å². The first-order valence-corrected chi connectivity index (χ1v) is 9.53. The summed E-state index contributed by atoms with van der Waals surface area (Å²) < 4.78 is 19.9. The molecule has 0 N–H and O–H groups in total. The van der Waals surface area contributed by atoms with E-state index in [9.17, 15) is 9.18 Å². The van der Waals surface area contributed by atoms with E-state index in [1.807, 2.05) is 19.9 Å². The van der Waals surface area contributed by atoms with Crippen LogP contribution in [0, 0.1) is 5.41 Å². The van der Waals surface area contributed by atoms with Crippen LogP contribution in [0.4, 0.5) is 4.39 Å². The lowest BCUT2D eigenvalue weighted by atomic mass is 9.67. The fourth-order valence-electron chi connectivity index (χ4n) is 3.42. The van der Waals surface area contributed by atoms with Gasteiger partial charge in [0.25, 0.3) is 0 Å². The van der Waals surface area contributed by atoms with Gasteiger partial charge in [-0.2, -0.15) is 0 Å². The van der Waals surface area contributed by atoms with Gasteiger partial charge in [-0.1, -0.05) is 40.7 Å². The van der Waals surface area contributed by atoms with Gasteiger partial charge in [0.1, 0.15) is 5.75 Å². The second kappa shape index (κ2) is 6.86. The third-order valence-electron chi connectivity index (χ3n) is 4.59. The molecular formula is C21H28BrFO2. The predicted molar refractivity (Wildman–Crippen MR) is 105 cm³/mol. The lowest BCUT2D eigenvalue weighted by Gasteiger charge is -2.38. The molecule has 0 heterocycles. The molecule has 2 rings (SSSR count). The predicted octanol–water partition coefficient (Wildman–Crippen LogP) is 6.50. The molecule has 25 heavy (non-hydrogen) atoms. The lowest BCUT2D eigenvalue weighted by Crippen LogP contribution is -2.27. The van der Waals surface area contributed by atoms with E-state index in [0.29, 0.717) is 11.3 Å². The number of hydrogen-bond acceptors (Lipinski definition) is 2. The Morgan fingerprint density at radius 1 is 1.36 bits per heavy atom. The maximum Gasteiger partial charge on any atom is 0.197 e. The second-order valence-corrected chi connectivity index (χ2v) is 9.46. The molecule has 0 radical (unpaired) electrons. The summed E-state index contributed by atoms with van der Waals surface area (Å²) in [7, 11) is 0. The maximum absolute atomic E-state index is 13.2. The highest BCUT2D eigenvalue weighted by Gasteiger charge is 2.37. The summed E-state index contributed by atoms with van der Waals surface area (Å²) >= 11 is 3.69. The molecule has 1 aliphatic rings. The topological polar surface area (TPSA) is 26.3 Å². The van der Waals surface area contributed by atoms with Gasteiger partial charge in [-0.15, -0.1) is 0 Å². The van der Waals surface area contributed by atoms with Crippen molar-refractivity contribution in [1.82, 2.24) is 0 Å². The van der Waals surface area contributed by atoms with Crippen LogP contribution in [0.2, 0.25) is 0 Å². The fraction of sp³-hybridized carbons (Fsp3) is 0.571. The van der Waals surface area contributed by atoms with Gasteiger partial charge in [0.2, 0.25) is 0 Å². The van der Waals surface area contributed by atoms with Gasteiger partial charge in [0.05, 0.1) is 16.1 Å². The molecule has 0 aromatic heterocycles. The molecule has 0 unspecified atom stereocenters. The number of carbonyl (C=O) groups is 1. The Bertz CT molecular complexity index is 724. The Labute approximate surface area is 159 Å². The average molecular weight is 411 g/mol. The van der Waals surface area contributed by atoms with Crippen molar-refractivity contribution in [1.29, 1.82) is 0 Å². The summed E-state index contributed by atoms with van der Waals surface area (Å²) in [6, 6.07) is 1.83. The first-order chi connectivity index (χ1) is 11.4. The molecule has 0 atom stereocenters. The van der Waals surface area contributed by atoms with Gasteiger partial charge in [0.15, 0.2) is 12.5 Å². The van der Waals surface area contributed by atoms with Gasteiger partial charge in [-0.25, -0.2) is 4.39 Å². The number of fused-ring (bicyclic) bond motifs is 1. The zero-order chi connectivity index (χ0) is 19.2. The number of carbonyl (C=O) groups excluding carboxylic acids is 1. The smallest absolute Gasteiger partial charge is 0.197 e. The van der Waals surface area contributed by atoms with E-state index in [2.05, 4.69) is 56.6 Å². The Morgan fingerprint density at radius 2 is 1.96 bits per heavy atom. The van der Waals surface area contributed by atoms with E-state index < -0.39 is 12.5 Å². The van der Waals surface area contributed by atoms with Crippen LogP contribution in [0.25, 0.3) is 5.57 Å². The fourth-order valence-corrected chi connectivity index (χ4v) is 4.47. The molecule has 4 heteroatoms. The van der Waals surface area contributed by atoms with E-state index in [1.54, 1.807) is 0 Å². The van der Waals surface area contributed by atoms with Crippen LogP contribution in [0.3, 0.4) is 0 Å². The summed E-state index contributed by atoms with van der Waals surface area (Å²) in [5.41, 5.74) is 3.48. The van der Waals surface area contributed by atoms with Crippen molar-refractivity contribution in [3.05, 3.63) is 33.3 Å². The van der Waals surface area contributed by atoms with E-state index in [4.69, 9.17) is 4.74 Å². The second-order valence-electron chi connectivity index (χ2n) is 8.67. The zero-order valence-electron chi connectivity index (χ0n) is 16.2. The number of allylic oxidation sites excluding steroid dienone is 2. The van der Waals surface area contributed by atoms with Gasteiger partial charge < -0.3 is 4.74 Å². The molecule has 0 bridgehead atoms. The van der Waals surface area contributed by atoms with Crippen LogP contribution in [0.15, 0.2) is 16.6 Å². The van der Waals surface area contributed by atoms with E-state index in [1.165, 1.54) is 5.57 Å². The monoisotopic (exact) mass is 410 g/mol. The number of Topliss-reactive ketones (excluding diaryl/α,β-unsaturated/α-hetero) is 1. The Hall–Kier alpha value is -1.16. The maximum atomic E-state index is 13.2. The number of alkyl halides is 1. The number of benzene rings is 1. The quantitative estimate of drug-likeness (QED) is 0.529. The van der Waals surface area contributed by atoms with Gasteiger partial charge >= 0.3 is 0 Å². The normalized spacial score (nSPS) is 16.5. The highest BCUT2D eigenvalue weighted by atomic mass is 79.9. The third-order valence-corrected chi connectivity index (χ3v) is 5.34. The molecule has 138 valence electrons. The first-order valence-electron chi connectivity index (χ1n) is 8.74. The number of halogens is 2. The van der Waals surface area contributed by atoms with Crippen molar-refractivity contribution in [2.24, 2.45) is 5.41 Å². The van der Waals surface area contributed by atoms with Crippen LogP contribution < -0.4 is 4.74 Å². The van der Waals surface area contributed by atoms with Crippen LogP contribution in [-0.4, -0.2) is 18.6 Å². The minimum atomic E-state index is -1.03. The Morgan fingerprint density at radius 3 is 2.44 bits per heavy atom. The molecule has 1 aromatic carbocycles. The summed E-state index contributed by atoms with van der Waals surface area (Å²) in [5, 5.41) is 0. The van der Waals surface area contributed by atoms with Crippen LogP contribution >= 0.6 is 15.9 Å². The summed E-state index contributed by atoms with van der Waals surface area (Å²) in [4.78, 5) is 12.3. The summed E-state index contributed by atoms with van der Waals surface area (Å²) in [6.07, 6.45) is 3.05. The first kappa shape index (κ1) is 20.2. The molecule has 0 fully saturated rings. The molecular weight excluding hydrogens is 383 g/mol. The largest absolute Gasteiger partial charge is 0.489 e.